The largest absolute Gasteiger partial charge is 0.339 e. The molecule has 1 unspecified atom stereocenters. The van der Waals surface area contributed by atoms with Crippen LogP contribution in [0.3, 0.4) is 0 Å². The second-order valence-corrected chi connectivity index (χ2v) is 4.27. The van der Waals surface area contributed by atoms with Crippen LogP contribution in [0.5, 0.6) is 0 Å². The van der Waals surface area contributed by atoms with Gasteiger partial charge in [0.15, 0.2) is 0 Å². The predicted molar refractivity (Wildman–Crippen MR) is 66.4 cm³/mol. The van der Waals surface area contributed by atoms with Crippen LogP contribution in [0.2, 0.25) is 0 Å². The van der Waals surface area contributed by atoms with Crippen molar-refractivity contribution in [3.8, 4) is 0 Å². The minimum Gasteiger partial charge on any atom is -0.339 e. The molecule has 1 fully saturated rings. The number of carbonyl (C=O) groups excluding carboxylic acids is 1. The van der Waals surface area contributed by atoms with E-state index in [2.05, 4.69) is 31.0 Å². The van der Waals surface area contributed by atoms with Gasteiger partial charge in [-0.2, -0.15) is 0 Å². The van der Waals surface area contributed by atoms with Crippen LogP contribution in [0, 0.1) is 0 Å². The lowest BCUT2D eigenvalue weighted by Crippen LogP contribution is -2.56. The first-order chi connectivity index (χ1) is 7.72. The molecule has 16 heavy (non-hydrogen) atoms. The highest BCUT2D eigenvalue weighted by atomic mass is 16.2. The van der Waals surface area contributed by atoms with Gasteiger partial charge in [-0.15, -0.1) is 0 Å². The van der Waals surface area contributed by atoms with Crippen LogP contribution in [0.1, 0.15) is 27.2 Å². The Labute approximate surface area is 99.0 Å². The number of likely N-dealkylation sites (N-methyl/N-ethyl adjacent to an activating group) is 1. The highest BCUT2D eigenvalue weighted by Gasteiger charge is 2.26. The van der Waals surface area contributed by atoms with Crippen molar-refractivity contribution in [2.24, 2.45) is 0 Å². The maximum atomic E-state index is 12.0. The number of nitrogens with one attached hydrogen (secondary N) is 1. The SMILES string of the molecule is CCC1NCCN(CCN(CC)CC)C1=O. The normalized spacial score (nSPS) is 21.9. The van der Waals surface area contributed by atoms with Crippen LogP contribution in [-0.4, -0.2) is 61.0 Å². The second-order valence-electron chi connectivity index (χ2n) is 4.27. The Bertz CT molecular complexity index is 216. The van der Waals surface area contributed by atoms with Crippen molar-refractivity contribution in [3.05, 3.63) is 0 Å². The van der Waals surface area contributed by atoms with Crippen molar-refractivity contribution in [3.63, 3.8) is 0 Å². The summed E-state index contributed by atoms with van der Waals surface area (Å²) in [4.78, 5) is 16.4. The van der Waals surface area contributed by atoms with Crippen molar-refractivity contribution in [1.82, 2.24) is 15.1 Å². The Balaban J connectivity index is 2.38. The van der Waals surface area contributed by atoms with E-state index in [1.807, 2.05) is 4.90 Å². The number of rotatable bonds is 6. The fourth-order valence-corrected chi connectivity index (χ4v) is 2.13. The molecule has 0 spiro atoms. The summed E-state index contributed by atoms with van der Waals surface area (Å²) >= 11 is 0. The first-order valence-electron chi connectivity index (χ1n) is 6.47. The molecular weight excluding hydrogens is 202 g/mol. The first kappa shape index (κ1) is 13.5. The quantitative estimate of drug-likeness (QED) is 0.719. The van der Waals surface area contributed by atoms with Crippen LogP contribution in [-0.2, 0) is 4.79 Å². The molecule has 4 nitrogen and oxygen atoms in total. The lowest BCUT2D eigenvalue weighted by Gasteiger charge is -2.34. The van der Waals surface area contributed by atoms with Crippen molar-refractivity contribution < 1.29 is 4.79 Å². The van der Waals surface area contributed by atoms with E-state index in [4.69, 9.17) is 0 Å². The lowest BCUT2D eigenvalue weighted by molar-refractivity contribution is -0.135. The Morgan fingerprint density at radius 2 is 2.06 bits per heavy atom. The van der Waals surface area contributed by atoms with Gasteiger partial charge in [0.05, 0.1) is 6.04 Å². The number of hydrogen-bond acceptors (Lipinski definition) is 3. The molecule has 1 heterocycles. The van der Waals surface area contributed by atoms with Crippen molar-refractivity contribution in [1.29, 1.82) is 0 Å². The zero-order valence-corrected chi connectivity index (χ0v) is 10.8. The van der Waals surface area contributed by atoms with E-state index in [1.54, 1.807) is 0 Å². The molecule has 0 aromatic carbocycles. The van der Waals surface area contributed by atoms with Gasteiger partial charge >= 0.3 is 0 Å². The van der Waals surface area contributed by atoms with Gasteiger partial charge in [0, 0.05) is 26.2 Å². The van der Waals surface area contributed by atoms with E-state index in [0.29, 0.717) is 0 Å². The van der Waals surface area contributed by atoms with Gasteiger partial charge in [-0.05, 0) is 19.5 Å². The van der Waals surface area contributed by atoms with E-state index in [-0.39, 0.29) is 11.9 Å². The van der Waals surface area contributed by atoms with Crippen LogP contribution in [0.4, 0.5) is 0 Å². The van der Waals surface area contributed by atoms with E-state index in [9.17, 15) is 4.79 Å². The third-order valence-corrected chi connectivity index (χ3v) is 3.37. The maximum Gasteiger partial charge on any atom is 0.239 e. The molecular formula is C12H25N3O. The van der Waals surface area contributed by atoms with E-state index in [0.717, 1.165) is 45.7 Å². The third-order valence-electron chi connectivity index (χ3n) is 3.37. The molecule has 0 aromatic heterocycles. The molecule has 0 bridgehead atoms. The number of hydrogen-bond donors (Lipinski definition) is 1. The minimum absolute atomic E-state index is 0.0467. The van der Waals surface area contributed by atoms with Crippen LogP contribution in [0.25, 0.3) is 0 Å². The van der Waals surface area contributed by atoms with Crippen LogP contribution in [0.15, 0.2) is 0 Å². The van der Waals surface area contributed by atoms with Gasteiger partial charge in [-0.1, -0.05) is 20.8 Å². The molecule has 0 aromatic rings. The Morgan fingerprint density at radius 3 is 2.62 bits per heavy atom. The Kier molecular flexibility index (Phi) is 5.77. The summed E-state index contributed by atoms with van der Waals surface area (Å²) in [6.07, 6.45) is 0.889. The molecule has 0 saturated carbocycles. The second kappa shape index (κ2) is 6.86. The highest BCUT2D eigenvalue weighted by Crippen LogP contribution is 2.04. The maximum absolute atomic E-state index is 12.0. The standard InChI is InChI=1S/C12H25N3O/c1-4-11-12(16)15(8-7-13-11)10-9-14(5-2)6-3/h11,13H,4-10H2,1-3H3. The van der Waals surface area contributed by atoms with Gasteiger partial charge in [0.1, 0.15) is 0 Å². The summed E-state index contributed by atoms with van der Waals surface area (Å²) in [5.41, 5.74) is 0. The molecule has 1 saturated heterocycles. The van der Waals surface area contributed by atoms with Gasteiger partial charge in [-0.25, -0.2) is 0 Å². The van der Waals surface area contributed by atoms with E-state index >= 15 is 0 Å². The smallest absolute Gasteiger partial charge is 0.239 e. The first-order valence-corrected chi connectivity index (χ1v) is 6.47. The van der Waals surface area contributed by atoms with E-state index < -0.39 is 0 Å². The van der Waals surface area contributed by atoms with Crippen molar-refractivity contribution in [2.75, 3.05) is 39.3 Å². The highest BCUT2D eigenvalue weighted by molar-refractivity contribution is 5.82. The molecule has 94 valence electrons. The average molecular weight is 227 g/mol. The van der Waals surface area contributed by atoms with Gasteiger partial charge in [-0.3, -0.25) is 4.79 Å². The molecule has 1 atom stereocenters. The third kappa shape index (κ3) is 3.46. The molecule has 1 aliphatic heterocycles. The topological polar surface area (TPSA) is 35.6 Å². The number of piperazine rings is 1. The predicted octanol–water partition coefficient (Wildman–Crippen LogP) is 0.539. The molecule has 1 aliphatic rings. The average Bonchev–Trinajstić information content (AvgIpc) is 2.32. The van der Waals surface area contributed by atoms with Crippen molar-refractivity contribution >= 4 is 5.91 Å². The fourth-order valence-electron chi connectivity index (χ4n) is 2.13. The summed E-state index contributed by atoms with van der Waals surface area (Å²) < 4.78 is 0. The summed E-state index contributed by atoms with van der Waals surface area (Å²) in [6, 6.07) is 0.0467. The zero-order valence-electron chi connectivity index (χ0n) is 10.8. The minimum atomic E-state index is 0.0467. The summed E-state index contributed by atoms with van der Waals surface area (Å²) in [5, 5.41) is 3.26. The Morgan fingerprint density at radius 1 is 1.38 bits per heavy atom. The molecule has 1 N–H and O–H groups in total. The number of amides is 1. The molecule has 0 aliphatic carbocycles. The Hall–Kier alpha value is -0.610. The molecule has 4 heteroatoms. The van der Waals surface area contributed by atoms with E-state index in [1.165, 1.54) is 0 Å². The van der Waals surface area contributed by atoms with Crippen LogP contribution >= 0.6 is 0 Å². The lowest BCUT2D eigenvalue weighted by atomic mass is 10.1. The van der Waals surface area contributed by atoms with Gasteiger partial charge < -0.3 is 15.1 Å². The molecule has 0 radical (unpaired) electrons. The number of nitrogens with zero attached hydrogens (tertiary/aromatic N) is 2. The summed E-state index contributed by atoms with van der Waals surface area (Å²) in [7, 11) is 0. The van der Waals surface area contributed by atoms with Crippen LogP contribution < -0.4 is 5.32 Å². The molecule has 1 rings (SSSR count). The summed E-state index contributed by atoms with van der Waals surface area (Å²) in [6.45, 7) is 12.2. The summed E-state index contributed by atoms with van der Waals surface area (Å²) in [5.74, 6) is 0.279. The number of carbonyl (C=O) groups is 1. The van der Waals surface area contributed by atoms with Gasteiger partial charge in [0.25, 0.3) is 0 Å². The zero-order chi connectivity index (χ0) is 12.0. The fraction of sp³-hybridized carbons (Fsp3) is 0.917. The molecule has 1 amide bonds. The monoisotopic (exact) mass is 227 g/mol. The van der Waals surface area contributed by atoms with Crippen molar-refractivity contribution in [2.45, 2.75) is 33.2 Å². The van der Waals surface area contributed by atoms with Gasteiger partial charge in [0.2, 0.25) is 5.91 Å².